The summed E-state index contributed by atoms with van der Waals surface area (Å²) >= 11 is 0. The van der Waals surface area contributed by atoms with Gasteiger partial charge in [0, 0.05) is 18.7 Å². The zero-order valence-corrected chi connectivity index (χ0v) is 13.3. The third kappa shape index (κ3) is 3.34. The van der Waals surface area contributed by atoms with Gasteiger partial charge < -0.3 is 14.4 Å². The van der Waals surface area contributed by atoms with Crippen LogP contribution in [0.25, 0.3) is 5.57 Å². The van der Waals surface area contributed by atoms with Crippen LogP contribution in [0.2, 0.25) is 0 Å². The molecule has 0 saturated heterocycles. The Balaban J connectivity index is 1.68. The zero-order chi connectivity index (χ0) is 16.4. The first-order valence-electron chi connectivity index (χ1n) is 7.63. The van der Waals surface area contributed by atoms with Crippen LogP contribution in [0.4, 0.5) is 0 Å². The number of aliphatic hydroxyl groups excluding tert-OH is 1. The van der Waals surface area contributed by atoms with Crippen molar-refractivity contribution in [1.29, 1.82) is 0 Å². The average Bonchev–Trinajstić information content (AvgIpc) is 3.18. The van der Waals surface area contributed by atoms with Gasteiger partial charge in [-0.05, 0) is 32.4 Å². The van der Waals surface area contributed by atoms with Crippen molar-refractivity contribution >= 4 is 11.5 Å². The first-order valence-corrected chi connectivity index (χ1v) is 7.63. The molecule has 1 N–H and O–H groups in total. The van der Waals surface area contributed by atoms with E-state index in [9.17, 15) is 9.90 Å². The van der Waals surface area contributed by atoms with Gasteiger partial charge in [-0.2, -0.15) is 0 Å². The van der Waals surface area contributed by atoms with Gasteiger partial charge in [0.05, 0.1) is 18.6 Å². The van der Waals surface area contributed by atoms with E-state index in [1.54, 1.807) is 24.3 Å². The summed E-state index contributed by atoms with van der Waals surface area (Å²) in [4.78, 5) is 14.3. The molecule has 0 bridgehead atoms. The van der Waals surface area contributed by atoms with Crippen molar-refractivity contribution in [1.82, 2.24) is 19.9 Å². The molecule has 3 rings (SSSR count). The maximum absolute atomic E-state index is 12.5. The van der Waals surface area contributed by atoms with Crippen LogP contribution in [0, 0.1) is 0 Å². The van der Waals surface area contributed by atoms with E-state index in [0.717, 1.165) is 17.8 Å². The Hall–Kier alpha value is -2.41. The number of hydrogen-bond donors (Lipinski definition) is 1. The molecule has 0 aromatic carbocycles. The Kier molecular flexibility index (Phi) is 4.29. The van der Waals surface area contributed by atoms with Crippen molar-refractivity contribution in [2.24, 2.45) is 0 Å². The summed E-state index contributed by atoms with van der Waals surface area (Å²) in [6, 6.07) is 3.77. The number of amides is 1. The molecule has 1 amide bonds. The summed E-state index contributed by atoms with van der Waals surface area (Å²) in [5.41, 5.74) is 2.78. The molecule has 23 heavy (non-hydrogen) atoms. The van der Waals surface area contributed by atoms with Gasteiger partial charge in [-0.25, -0.2) is 4.68 Å². The predicted octanol–water partition coefficient (Wildman–Crippen LogP) is 1.63. The van der Waals surface area contributed by atoms with Gasteiger partial charge in [-0.15, -0.1) is 5.10 Å². The lowest BCUT2D eigenvalue weighted by Crippen LogP contribution is -2.38. The minimum absolute atomic E-state index is 0.0244. The van der Waals surface area contributed by atoms with Crippen molar-refractivity contribution in [3.63, 3.8) is 0 Å². The molecule has 1 aliphatic rings. The van der Waals surface area contributed by atoms with Gasteiger partial charge in [0.25, 0.3) is 0 Å². The lowest BCUT2D eigenvalue weighted by molar-refractivity contribution is -0.131. The molecule has 3 heterocycles. The number of furan rings is 1. The highest BCUT2D eigenvalue weighted by Crippen LogP contribution is 2.26. The highest BCUT2D eigenvalue weighted by Gasteiger charge is 2.23. The number of nitrogens with zero attached hydrogens (tertiary/aromatic N) is 4. The van der Waals surface area contributed by atoms with Crippen molar-refractivity contribution in [3.05, 3.63) is 41.6 Å². The lowest BCUT2D eigenvalue weighted by Gasteiger charge is -2.29. The van der Waals surface area contributed by atoms with Crippen molar-refractivity contribution in [2.75, 3.05) is 13.1 Å². The van der Waals surface area contributed by atoms with Crippen LogP contribution in [-0.2, 0) is 11.3 Å². The fraction of sp³-hybridized carbons (Fsp3) is 0.438. The Morgan fingerprint density at radius 3 is 3.00 bits per heavy atom. The number of aliphatic hydroxyl groups is 1. The molecule has 2 aromatic heterocycles. The maximum Gasteiger partial charge on any atom is 0.244 e. The number of carbonyl (C=O) groups excluding carboxylic acids is 1. The molecule has 0 aliphatic carbocycles. The summed E-state index contributed by atoms with van der Waals surface area (Å²) in [7, 11) is 0. The van der Waals surface area contributed by atoms with Crippen LogP contribution in [0.15, 0.2) is 34.6 Å². The molecule has 2 aromatic rings. The molecular formula is C16H20N4O3. The number of carbonyl (C=O) groups is 1. The molecule has 0 fully saturated rings. The maximum atomic E-state index is 12.5. The van der Waals surface area contributed by atoms with Crippen LogP contribution >= 0.6 is 0 Å². The fourth-order valence-electron chi connectivity index (χ4n) is 2.63. The van der Waals surface area contributed by atoms with Crippen LogP contribution in [0.1, 0.15) is 37.8 Å². The summed E-state index contributed by atoms with van der Waals surface area (Å²) in [5.74, 6) is 0.792. The minimum Gasteiger partial charge on any atom is -0.465 e. The Labute approximate surface area is 134 Å². The fourth-order valence-corrected chi connectivity index (χ4v) is 2.63. The van der Waals surface area contributed by atoms with Crippen LogP contribution in [-0.4, -0.2) is 44.0 Å². The first kappa shape index (κ1) is 15.5. The van der Waals surface area contributed by atoms with E-state index < -0.39 is 6.10 Å². The molecule has 0 saturated carbocycles. The number of hydrogen-bond acceptors (Lipinski definition) is 5. The monoisotopic (exact) mass is 316 g/mol. The molecule has 1 aliphatic heterocycles. The predicted molar refractivity (Wildman–Crippen MR) is 83.2 cm³/mol. The molecule has 0 radical (unpaired) electrons. The molecule has 1 atom stereocenters. The Morgan fingerprint density at radius 2 is 2.35 bits per heavy atom. The highest BCUT2D eigenvalue weighted by molar-refractivity contribution is 5.80. The van der Waals surface area contributed by atoms with E-state index in [1.807, 2.05) is 12.1 Å². The molecular weight excluding hydrogens is 296 g/mol. The molecule has 7 nitrogen and oxygen atoms in total. The molecule has 1 unspecified atom stereocenters. The number of rotatable bonds is 4. The quantitative estimate of drug-likeness (QED) is 0.927. The second kappa shape index (κ2) is 6.37. The van der Waals surface area contributed by atoms with E-state index in [0.29, 0.717) is 18.8 Å². The highest BCUT2D eigenvalue weighted by atomic mass is 16.3. The summed E-state index contributed by atoms with van der Waals surface area (Å²) in [5, 5.41) is 17.2. The second-order valence-electron chi connectivity index (χ2n) is 5.82. The van der Waals surface area contributed by atoms with Crippen LogP contribution in [0.3, 0.4) is 0 Å². The van der Waals surface area contributed by atoms with Gasteiger partial charge in [0.2, 0.25) is 5.91 Å². The lowest BCUT2D eigenvalue weighted by atomic mass is 9.99. The SMILES string of the molecule is CC1=C(c2ccco2)CN(C(=O)Cn2cc(C(C)O)nn2)CC1. The van der Waals surface area contributed by atoms with Crippen molar-refractivity contribution < 1.29 is 14.3 Å². The summed E-state index contributed by atoms with van der Waals surface area (Å²) < 4.78 is 6.93. The topological polar surface area (TPSA) is 84.4 Å². The average molecular weight is 316 g/mol. The van der Waals surface area contributed by atoms with Gasteiger partial charge in [0.1, 0.15) is 18.0 Å². The summed E-state index contributed by atoms with van der Waals surface area (Å²) in [6.45, 7) is 5.03. The van der Waals surface area contributed by atoms with E-state index in [1.165, 1.54) is 10.3 Å². The van der Waals surface area contributed by atoms with E-state index >= 15 is 0 Å². The largest absolute Gasteiger partial charge is 0.465 e. The van der Waals surface area contributed by atoms with Crippen molar-refractivity contribution in [2.45, 2.75) is 32.9 Å². The third-order valence-corrected chi connectivity index (χ3v) is 4.07. The smallest absolute Gasteiger partial charge is 0.244 e. The standard InChI is InChI=1S/C16H20N4O3/c1-11-5-6-19(8-13(11)15-4-3-7-23-15)16(22)10-20-9-14(12(2)21)17-18-20/h3-4,7,9,12,21H,5-6,8,10H2,1-2H3. The Morgan fingerprint density at radius 1 is 1.52 bits per heavy atom. The van der Waals surface area contributed by atoms with Gasteiger partial charge >= 0.3 is 0 Å². The van der Waals surface area contributed by atoms with Gasteiger partial charge in [-0.1, -0.05) is 10.8 Å². The summed E-state index contributed by atoms with van der Waals surface area (Å²) in [6.07, 6.45) is 3.38. The molecule has 122 valence electrons. The minimum atomic E-state index is -0.690. The second-order valence-corrected chi connectivity index (χ2v) is 5.82. The van der Waals surface area contributed by atoms with Gasteiger partial charge in [-0.3, -0.25) is 4.79 Å². The third-order valence-electron chi connectivity index (χ3n) is 4.07. The van der Waals surface area contributed by atoms with E-state index in [-0.39, 0.29) is 12.5 Å². The molecule has 7 heteroatoms. The number of aromatic nitrogens is 3. The zero-order valence-electron chi connectivity index (χ0n) is 13.3. The van der Waals surface area contributed by atoms with Crippen LogP contribution in [0.5, 0.6) is 0 Å². The normalized spacial score (nSPS) is 16.7. The molecule has 0 spiro atoms. The van der Waals surface area contributed by atoms with Crippen LogP contribution < -0.4 is 0 Å². The Bertz CT molecular complexity index is 716. The van der Waals surface area contributed by atoms with Gasteiger partial charge in [0.15, 0.2) is 0 Å². The van der Waals surface area contributed by atoms with E-state index in [2.05, 4.69) is 17.2 Å². The van der Waals surface area contributed by atoms with E-state index in [4.69, 9.17) is 4.42 Å². The van der Waals surface area contributed by atoms with Crippen molar-refractivity contribution in [3.8, 4) is 0 Å². The first-order chi connectivity index (χ1) is 11.0.